The number of benzene rings is 2. The molecule has 0 aliphatic heterocycles. The lowest BCUT2D eigenvalue weighted by molar-refractivity contribution is 0.0942. The smallest absolute Gasteiger partial charge is 0.255 e. The third-order valence-corrected chi connectivity index (χ3v) is 5.88. The van der Waals surface area contributed by atoms with Crippen LogP contribution < -0.4 is 10.6 Å². The molecule has 5 heteroatoms. The van der Waals surface area contributed by atoms with Crippen molar-refractivity contribution in [3.8, 4) is 0 Å². The molecule has 0 spiro atoms. The monoisotopic (exact) mass is 399 g/mol. The second kappa shape index (κ2) is 8.91. The van der Waals surface area contributed by atoms with Gasteiger partial charge >= 0.3 is 0 Å². The predicted molar refractivity (Wildman–Crippen MR) is 118 cm³/mol. The number of pyridine rings is 1. The molecule has 3 aromatic rings. The van der Waals surface area contributed by atoms with E-state index in [-0.39, 0.29) is 17.2 Å². The second-order valence-corrected chi connectivity index (χ2v) is 7.80. The third-order valence-electron chi connectivity index (χ3n) is 5.88. The molecule has 5 nitrogen and oxygen atoms in total. The average Bonchev–Trinajstić information content (AvgIpc) is 3.29. The number of aromatic nitrogens is 1. The van der Waals surface area contributed by atoms with Gasteiger partial charge in [-0.3, -0.25) is 14.6 Å². The van der Waals surface area contributed by atoms with E-state index in [9.17, 15) is 9.59 Å². The minimum Gasteiger partial charge on any atom is -0.351 e. The van der Waals surface area contributed by atoms with Crippen LogP contribution in [0, 0.1) is 0 Å². The highest BCUT2D eigenvalue weighted by molar-refractivity contribution is 6.04. The summed E-state index contributed by atoms with van der Waals surface area (Å²) >= 11 is 0. The fourth-order valence-corrected chi connectivity index (χ4v) is 4.17. The van der Waals surface area contributed by atoms with Crippen LogP contribution in [0.3, 0.4) is 0 Å². The van der Waals surface area contributed by atoms with E-state index >= 15 is 0 Å². The first-order valence-electron chi connectivity index (χ1n) is 10.3. The predicted octanol–water partition coefficient (Wildman–Crippen LogP) is 4.58. The molecule has 0 saturated heterocycles. The van der Waals surface area contributed by atoms with Crippen molar-refractivity contribution in [2.45, 2.75) is 31.1 Å². The lowest BCUT2D eigenvalue weighted by Gasteiger charge is -2.29. The Morgan fingerprint density at radius 2 is 1.43 bits per heavy atom. The second-order valence-electron chi connectivity index (χ2n) is 7.80. The van der Waals surface area contributed by atoms with Crippen molar-refractivity contribution in [3.05, 3.63) is 95.8 Å². The van der Waals surface area contributed by atoms with E-state index in [1.807, 2.05) is 30.6 Å². The first kappa shape index (κ1) is 19.8. The third kappa shape index (κ3) is 4.40. The van der Waals surface area contributed by atoms with E-state index in [4.69, 9.17) is 0 Å². The van der Waals surface area contributed by atoms with E-state index in [1.165, 1.54) is 18.4 Å². The molecule has 4 rings (SSSR count). The van der Waals surface area contributed by atoms with Crippen molar-refractivity contribution in [3.63, 3.8) is 0 Å². The molecule has 30 heavy (non-hydrogen) atoms. The molecule has 0 bridgehead atoms. The number of hydrogen-bond donors (Lipinski definition) is 2. The summed E-state index contributed by atoms with van der Waals surface area (Å²) < 4.78 is 0. The number of carbonyl (C=O) groups excluding carboxylic acids is 2. The molecule has 2 amide bonds. The minimum absolute atomic E-state index is 0.0117. The molecule has 1 heterocycles. The van der Waals surface area contributed by atoms with Crippen molar-refractivity contribution >= 4 is 17.5 Å². The van der Waals surface area contributed by atoms with Crippen molar-refractivity contribution in [1.29, 1.82) is 0 Å². The Labute approximate surface area is 176 Å². The maximum atomic E-state index is 12.7. The van der Waals surface area contributed by atoms with Gasteiger partial charge in [-0.05, 0) is 66.9 Å². The van der Waals surface area contributed by atoms with Gasteiger partial charge in [0.1, 0.15) is 0 Å². The maximum absolute atomic E-state index is 12.7. The van der Waals surface area contributed by atoms with Crippen molar-refractivity contribution < 1.29 is 9.59 Å². The molecule has 152 valence electrons. The Bertz CT molecular complexity index is 996. The highest BCUT2D eigenvalue weighted by Crippen LogP contribution is 2.40. The molecule has 0 atom stereocenters. The van der Waals surface area contributed by atoms with E-state index in [1.54, 1.807) is 36.4 Å². The first-order chi connectivity index (χ1) is 14.7. The van der Waals surface area contributed by atoms with Crippen molar-refractivity contribution in [2.24, 2.45) is 0 Å². The summed E-state index contributed by atoms with van der Waals surface area (Å²) in [4.78, 5) is 29.1. The number of carbonyl (C=O) groups is 2. The standard InChI is InChI=1S/C25H25N3O2/c29-23(27-18-25(14-4-5-15-25)21-12-16-26-17-13-21)20-8-10-22(11-9-20)28-24(30)19-6-2-1-3-7-19/h1-3,6-13,16-17H,4-5,14-15,18H2,(H,27,29)(H,28,30). The van der Waals surface area contributed by atoms with Crippen LogP contribution in [0.15, 0.2) is 79.1 Å². The topological polar surface area (TPSA) is 71.1 Å². The molecule has 0 unspecified atom stereocenters. The minimum atomic E-state index is -0.173. The number of amides is 2. The number of nitrogens with one attached hydrogen (secondary N) is 2. The summed E-state index contributed by atoms with van der Waals surface area (Å²) in [6.07, 6.45) is 8.13. The van der Waals surface area contributed by atoms with Gasteiger partial charge in [-0.25, -0.2) is 0 Å². The largest absolute Gasteiger partial charge is 0.351 e. The average molecular weight is 399 g/mol. The summed E-state index contributed by atoms with van der Waals surface area (Å²) in [5.41, 5.74) is 3.06. The number of nitrogens with zero attached hydrogens (tertiary/aromatic N) is 1. The van der Waals surface area contributed by atoms with Gasteiger partial charge in [0.05, 0.1) is 0 Å². The summed E-state index contributed by atoms with van der Waals surface area (Å²) in [5.74, 6) is -0.274. The van der Waals surface area contributed by atoms with Gasteiger partial charge in [-0.15, -0.1) is 0 Å². The SMILES string of the molecule is O=C(NCC1(c2ccncc2)CCCC1)c1ccc(NC(=O)c2ccccc2)cc1. The van der Waals surface area contributed by atoms with Gasteiger partial charge in [-0.1, -0.05) is 31.0 Å². The molecule has 1 aliphatic carbocycles. The number of hydrogen-bond acceptors (Lipinski definition) is 3. The zero-order valence-corrected chi connectivity index (χ0v) is 16.8. The normalized spacial score (nSPS) is 14.8. The Morgan fingerprint density at radius 3 is 2.10 bits per heavy atom. The van der Waals surface area contributed by atoms with E-state index < -0.39 is 0 Å². The molecule has 1 aromatic heterocycles. The van der Waals surface area contributed by atoms with Gasteiger partial charge in [0.25, 0.3) is 11.8 Å². The molecular weight excluding hydrogens is 374 g/mol. The molecule has 2 N–H and O–H groups in total. The van der Waals surface area contributed by atoms with Crippen LogP contribution in [0.4, 0.5) is 5.69 Å². The fraction of sp³-hybridized carbons (Fsp3) is 0.240. The lowest BCUT2D eigenvalue weighted by Crippen LogP contribution is -2.39. The summed E-state index contributed by atoms with van der Waals surface area (Å²) in [6.45, 7) is 0.613. The highest BCUT2D eigenvalue weighted by atomic mass is 16.2. The van der Waals surface area contributed by atoms with E-state index in [2.05, 4.69) is 27.8 Å². The van der Waals surface area contributed by atoms with Crippen molar-refractivity contribution in [1.82, 2.24) is 10.3 Å². The van der Waals surface area contributed by atoms with Gasteiger partial charge in [0, 0.05) is 41.2 Å². The first-order valence-corrected chi connectivity index (χ1v) is 10.3. The van der Waals surface area contributed by atoms with Crippen LogP contribution in [0.5, 0.6) is 0 Å². The van der Waals surface area contributed by atoms with E-state index in [0.717, 1.165) is 12.8 Å². The van der Waals surface area contributed by atoms with Crippen molar-refractivity contribution in [2.75, 3.05) is 11.9 Å². The Hall–Kier alpha value is -3.47. The van der Waals surface area contributed by atoms with Crippen LogP contribution in [0.2, 0.25) is 0 Å². The molecule has 0 radical (unpaired) electrons. The Kier molecular flexibility index (Phi) is 5.89. The molecule has 1 saturated carbocycles. The molecule has 1 fully saturated rings. The molecule has 1 aliphatic rings. The lowest BCUT2D eigenvalue weighted by atomic mass is 9.79. The van der Waals surface area contributed by atoms with Crippen LogP contribution >= 0.6 is 0 Å². The van der Waals surface area contributed by atoms with Gasteiger partial charge < -0.3 is 10.6 Å². The maximum Gasteiger partial charge on any atom is 0.255 e. The van der Waals surface area contributed by atoms with Gasteiger partial charge in [0.2, 0.25) is 0 Å². The number of anilines is 1. The van der Waals surface area contributed by atoms with Crippen LogP contribution in [-0.2, 0) is 5.41 Å². The zero-order valence-electron chi connectivity index (χ0n) is 16.8. The number of rotatable bonds is 6. The van der Waals surface area contributed by atoms with Crippen LogP contribution in [0.25, 0.3) is 0 Å². The summed E-state index contributed by atoms with van der Waals surface area (Å²) in [7, 11) is 0. The van der Waals surface area contributed by atoms with E-state index in [0.29, 0.717) is 23.4 Å². The zero-order chi connectivity index (χ0) is 20.8. The Balaban J connectivity index is 1.38. The van der Waals surface area contributed by atoms with Crippen LogP contribution in [0.1, 0.15) is 52.0 Å². The molecule has 2 aromatic carbocycles. The molecular formula is C25H25N3O2. The van der Waals surface area contributed by atoms with Crippen LogP contribution in [-0.4, -0.2) is 23.3 Å². The van der Waals surface area contributed by atoms with Gasteiger partial charge in [-0.2, -0.15) is 0 Å². The Morgan fingerprint density at radius 1 is 0.800 bits per heavy atom. The summed E-state index contributed by atoms with van der Waals surface area (Å²) in [5, 5.41) is 5.97. The quantitative estimate of drug-likeness (QED) is 0.638. The van der Waals surface area contributed by atoms with Gasteiger partial charge in [0.15, 0.2) is 0 Å². The highest BCUT2D eigenvalue weighted by Gasteiger charge is 2.35. The fourth-order valence-electron chi connectivity index (χ4n) is 4.17. The summed E-state index contributed by atoms with van der Waals surface area (Å²) in [6, 6.07) is 20.1.